The highest BCUT2D eigenvalue weighted by Crippen LogP contribution is 2.42. The summed E-state index contributed by atoms with van der Waals surface area (Å²) in [4.78, 5) is 0. The summed E-state index contributed by atoms with van der Waals surface area (Å²) in [6.45, 7) is 2.40. The molecule has 1 aliphatic heterocycles. The highest BCUT2D eigenvalue weighted by Gasteiger charge is 2.40. The van der Waals surface area contributed by atoms with Crippen LogP contribution in [0.5, 0.6) is 5.75 Å². The third-order valence-corrected chi connectivity index (χ3v) is 4.61. The molecule has 1 aromatic carbocycles. The lowest BCUT2D eigenvalue weighted by Crippen LogP contribution is -2.32. The van der Waals surface area contributed by atoms with Crippen LogP contribution in [0.25, 0.3) is 0 Å². The molecule has 0 bridgehead atoms. The van der Waals surface area contributed by atoms with Crippen molar-refractivity contribution in [3.05, 3.63) is 29.6 Å². The standard InChI is InChI=1S/C17H23FO2/c1-13-5-6-15(18)16(11-13)19-12-14-7-10-17(20-14)8-3-2-4-9-17/h5-6,11,14H,2-4,7-10,12H2,1H3. The van der Waals surface area contributed by atoms with Crippen LogP contribution in [-0.2, 0) is 4.74 Å². The lowest BCUT2D eigenvalue weighted by molar-refractivity contribution is -0.0751. The van der Waals surface area contributed by atoms with E-state index in [4.69, 9.17) is 9.47 Å². The third-order valence-electron chi connectivity index (χ3n) is 4.61. The molecule has 3 rings (SSSR count). The van der Waals surface area contributed by atoms with Gasteiger partial charge in [-0.3, -0.25) is 0 Å². The van der Waals surface area contributed by atoms with Gasteiger partial charge in [-0.1, -0.05) is 25.3 Å². The largest absolute Gasteiger partial charge is 0.488 e. The molecule has 2 nitrogen and oxygen atoms in total. The maximum Gasteiger partial charge on any atom is 0.165 e. The predicted octanol–water partition coefficient (Wildman–Crippen LogP) is 4.39. The zero-order valence-electron chi connectivity index (χ0n) is 12.2. The van der Waals surface area contributed by atoms with Gasteiger partial charge in [0, 0.05) is 0 Å². The Morgan fingerprint density at radius 3 is 2.85 bits per heavy atom. The number of hydrogen-bond acceptors (Lipinski definition) is 2. The van der Waals surface area contributed by atoms with Crippen LogP contribution in [0.15, 0.2) is 18.2 Å². The van der Waals surface area contributed by atoms with E-state index in [1.807, 2.05) is 6.92 Å². The van der Waals surface area contributed by atoms with Crippen molar-refractivity contribution in [3.63, 3.8) is 0 Å². The zero-order valence-corrected chi connectivity index (χ0v) is 12.2. The number of halogens is 1. The maximum absolute atomic E-state index is 13.6. The van der Waals surface area contributed by atoms with Crippen molar-refractivity contribution in [2.75, 3.05) is 6.61 Å². The fourth-order valence-corrected chi connectivity index (χ4v) is 3.48. The maximum atomic E-state index is 13.6. The molecule has 2 fully saturated rings. The number of benzene rings is 1. The molecule has 1 unspecified atom stereocenters. The topological polar surface area (TPSA) is 18.5 Å². The number of ether oxygens (including phenoxy) is 2. The molecule has 1 aliphatic carbocycles. The SMILES string of the molecule is Cc1ccc(F)c(OCC2CCC3(CCCCC3)O2)c1. The van der Waals surface area contributed by atoms with Crippen molar-refractivity contribution in [2.45, 2.75) is 63.6 Å². The fraction of sp³-hybridized carbons (Fsp3) is 0.647. The van der Waals surface area contributed by atoms with E-state index in [1.165, 1.54) is 38.2 Å². The minimum Gasteiger partial charge on any atom is -0.488 e. The Kier molecular flexibility index (Phi) is 3.97. The van der Waals surface area contributed by atoms with Gasteiger partial charge in [0.15, 0.2) is 11.6 Å². The summed E-state index contributed by atoms with van der Waals surface area (Å²) < 4.78 is 25.5. The van der Waals surface area contributed by atoms with Crippen LogP contribution in [0.2, 0.25) is 0 Å². The summed E-state index contributed by atoms with van der Waals surface area (Å²) in [7, 11) is 0. The highest BCUT2D eigenvalue weighted by molar-refractivity contribution is 5.29. The van der Waals surface area contributed by atoms with E-state index in [0.717, 1.165) is 18.4 Å². The van der Waals surface area contributed by atoms with Gasteiger partial charge in [-0.05, 0) is 50.3 Å². The van der Waals surface area contributed by atoms with Gasteiger partial charge in [-0.25, -0.2) is 4.39 Å². The molecule has 1 spiro atoms. The lowest BCUT2D eigenvalue weighted by Gasteiger charge is -2.33. The van der Waals surface area contributed by atoms with E-state index in [-0.39, 0.29) is 17.5 Å². The minimum absolute atomic E-state index is 0.109. The number of aryl methyl sites for hydroxylation is 1. The van der Waals surface area contributed by atoms with Crippen LogP contribution in [-0.4, -0.2) is 18.3 Å². The first-order valence-electron chi connectivity index (χ1n) is 7.74. The van der Waals surface area contributed by atoms with Crippen molar-refractivity contribution in [3.8, 4) is 5.75 Å². The summed E-state index contributed by atoms with van der Waals surface area (Å²) in [6.07, 6.45) is 8.55. The van der Waals surface area contributed by atoms with Crippen LogP contribution in [0.3, 0.4) is 0 Å². The second kappa shape index (κ2) is 5.72. The van der Waals surface area contributed by atoms with E-state index in [2.05, 4.69) is 0 Å². The summed E-state index contributed by atoms with van der Waals surface area (Å²) in [5.41, 5.74) is 1.12. The van der Waals surface area contributed by atoms with Crippen LogP contribution >= 0.6 is 0 Å². The Hall–Kier alpha value is -1.09. The molecule has 0 radical (unpaired) electrons. The molecule has 1 saturated carbocycles. The summed E-state index contributed by atoms with van der Waals surface area (Å²) in [5.74, 6) is 0.0548. The number of hydrogen-bond donors (Lipinski definition) is 0. The van der Waals surface area contributed by atoms with Gasteiger partial charge in [0.1, 0.15) is 6.61 Å². The normalized spacial score (nSPS) is 25.0. The molecule has 1 atom stereocenters. The molecule has 20 heavy (non-hydrogen) atoms. The Morgan fingerprint density at radius 1 is 1.25 bits per heavy atom. The fourth-order valence-electron chi connectivity index (χ4n) is 3.48. The monoisotopic (exact) mass is 278 g/mol. The smallest absolute Gasteiger partial charge is 0.165 e. The zero-order chi connectivity index (χ0) is 14.0. The van der Waals surface area contributed by atoms with Crippen molar-refractivity contribution < 1.29 is 13.9 Å². The second-order valence-corrected chi connectivity index (χ2v) is 6.27. The molecule has 0 amide bonds. The molecule has 1 aromatic rings. The van der Waals surface area contributed by atoms with Gasteiger partial charge < -0.3 is 9.47 Å². The predicted molar refractivity (Wildman–Crippen MR) is 76.6 cm³/mol. The number of rotatable bonds is 3. The first kappa shape index (κ1) is 13.9. The van der Waals surface area contributed by atoms with Crippen molar-refractivity contribution in [1.82, 2.24) is 0 Å². The Morgan fingerprint density at radius 2 is 2.05 bits per heavy atom. The van der Waals surface area contributed by atoms with Crippen LogP contribution in [0.4, 0.5) is 4.39 Å². The van der Waals surface area contributed by atoms with Crippen LogP contribution < -0.4 is 4.74 Å². The minimum atomic E-state index is -0.291. The Labute approximate surface area is 120 Å². The summed E-state index contributed by atoms with van der Waals surface area (Å²) >= 11 is 0. The van der Waals surface area contributed by atoms with E-state index in [1.54, 1.807) is 12.1 Å². The molecule has 2 aliphatic rings. The average Bonchev–Trinajstić information content (AvgIpc) is 2.84. The summed E-state index contributed by atoms with van der Waals surface area (Å²) in [6, 6.07) is 4.97. The highest BCUT2D eigenvalue weighted by atomic mass is 19.1. The molecular formula is C17H23FO2. The molecule has 0 N–H and O–H groups in total. The van der Waals surface area contributed by atoms with Gasteiger partial charge in [0.05, 0.1) is 11.7 Å². The second-order valence-electron chi connectivity index (χ2n) is 6.27. The average molecular weight is 278 g/mol. The summed E-state index contributed by atoms with van der Waals surface area (Å²) in [5, 5.41) is 0. The molecular weight excluding hydrogens is 255 g/mol. The van der Waals surface area contributed by atoms with Gasteiger partial charge >= 0.3 is 0 Å². The third kappa shape index (κ3) is 2.98. The first-order valence-corrected chi connectivity index (χ1v) is 7.74. The van der Waals surface area contributed by atoms with Gasteiger partial charge in [-0.2, -0.15) is 0 Å². The van der Waals surface area contributed by atoms with Crippen molar-refractivity contribution in [1.29, 1.82) is 0 Å². The van der Waals surface area contributed by atoms with Crippen LogP contribution in [0, 0.1) is 12.7 Å². The van der Waals surface area contributed by atoms with E-state index >= 15 is 0 Å². The van der Waals surface area contributed by atoms with Gasteiger partial charge in [0.2, 0.25) is 0 Å². The molecule has 0 aromatic heterocycles. The quantitative estimate of drug-likeness (QED) is 0.816. The van der Waals surface area contributed by atoms with E-state index in [9.17, 15) is 4.39 Å². The Balaban J connectivity index is 1.56. The van der Waals surface area contributed by atoms with E-state index in [0.29, 0.717) is 12.4 Å². The molecule has 1 saturated heterocycles. The molecule has 110 valence electrons. The first-order chi connectivity index (χ1) is 9.67. The van der Waals surface area contributed by atoms with E-state index < -0.39 is 0 Å². The molecule has 3 heteroatoms. The van der Waals surface area contributed by atoms with Crippen molar-refractivity contribution in [2.24, 2.45) is 0 Å². The van der Waals surface area contributed by atoms with Gasteiger partial charge in [-0.15, -0.1) is 0 Å². The van der Waals surface area contributed by atoms with Crippen molar-refractivity contribution >= 4 is 0 Å². The van der Waals surface area contributed by atoms with Gasteiger partial charge in [0.25, 0.3) is 0 Å². The lowest BCUT2D eigenvalue weighted by atomic mass is 9.83. The van der Waals surface area contributed by atoms with Crippen LogP contribution in [0.1, 0.15) is 50.5 Å². The molecule has 1 heterocycles. The Bertz CT molecular complexity index is 466.